The average molecular weight is 521 g/mol. The third-order valence-electron chi connectivity index (χ3n) is 7.59. The molecule has 2 aliphatic carbocycles. The van der Waals surface area contributed by atoms with Crippen LogP contribution in [0.3, 0.4) is 0 Å². The van der Waals surface area contributed by atoms with E-state index in [0.29, 0.717) is 45.8 Å². The van der Waals surface area contributed by atoms with E-state index in [1.807, 2.05) is 13.8 Å². The van der Waals surface area contributed by atoms with Crippen molar-refractivity contribution < 1.29 is 40.2 Å². The van der Waals surface area contributed by atoms with Gasteiger partial charge in [0.1, 0.15) is 17.6 Å². The molecule has 2 aliphatic rings. The number of aromatic hydroxyl groups is 3. The van der Waals surface area contributed by atoms with Crippen LogP contribution >= 0.6 is 0 Å². The number of phenolic OH excluding ortho intramolecular Hbond substituents is 3. The molecule has 0 saturated heterocycles. The van der Waals surface area contributed by atoms with Crippen molar-refractivity contribution in [1.29, 1.82) is 0 Å². The van der Waals surface area contributed by atoms with Crippen LogP contribution in [0, 0.1) is 12.8 Å². The fourth-order valence-corrected chi connectivity index (χ4v) is 5.94. The first-order chi connectivity index (χ1) is 17.8. The summed E-state index contributed by atoms with van der Waals surface area (Å²) in [6.45, 7) is 10.7. The van der Waals surface area contributed by atoms with Crippen molar-refractivity contribution in [2.75, 3.05) is 0 Å². The van der Waals surface area contributed by atoms with E-state index in [2.05, 4.69) is 0 Å². The molecule has 2 aromatic rings. The van der Waals surface area contributed by atoms with E-state index >= 15 is 0 Å². The normalized spacial score (nSPS) is 21.1. The molecule has 0 aliphatic heterocycles. The lowest BCUT2D eigenvalue weighted by molar-refractivity contribution is -0.122. The van der Waals surface area contributed by atoms with Crippen molar-refractivity contribution in [3.63, 3.8) is 0 Å². The fourth-order valence-electron chi connectivity index (χ4n) is 5.94. The van der Waals surface area contributed by atoms with Crippen LogP contribution < -0.4 is 0 Å². The van der Waals surface area contributed by atoms with Gasteiger partial charge in [-0.3, -0.25) is 9.59 Å². The number of aldehydes is 1. The second kappa shape index (κ2) is 9.36. The first-order valence-electron chi connectivity index (χ1n) is 12.4. The summed E-state index contributed by atoms with van der Waals surface area (Å²) >= 11 is 0. The highest BCUT2D eigenvalue weighted by Gasteiger charge is 2.42. The zero-order chi connectivity index (χ0) is 28.4. The molecule has 38 heavy (non-hydrogen) atoms. The summed E-state index contributed by atoms with van der Waals surface area (Å²) in [5.74, 6) is -3.99. The molecule has 0 aromatic heterocycles. The van der Waals surface area contributed by atoms with Crippen molar-refractivity contribution in [2.24, 2.45) is 5.92 Å². The number of carbonyl (C=O) groups is 2. The summed E-state index contributed by atoms with van der Waals surface area (Å²) in [5, 5.41) is 65.5. The number of fused-ring (bicyclic) bond motifs is 2. The van der Waals surface area contributed by atoms with Crippen molar-refractivity contribution in [2.45, 2.75) is 59.5 Å². The van der Waals surface area contributed by atoms with E-state index in [9.17, 15) is 40.2 Å². The third kappa shape index (κ3) is 3.62. The zero-order valence-electron chi connectivity index (χ0n) is 22.1. The molecule has 2 aromatic carbocycles. The van der Waals surface area contributed by atoms with Gasteiger partial charge in [0.05, 0.1) is 23.3 Å². The average Bonchev–Trinajstić information content (AvgIpc) is 2.83. The highest BCUT2D eigenvalue weighted by atomic mass is 16.3. The molecule has 8 nitrogen and oxygen atoms in total. The monoisotopic (exact) mass is 520 g/mol. The van der Waals surface area contributed by atoms with Crippen LogP contribution in [0.15, 0.2) is 52.0 Å². The summed E-state index contributed by atoms with van der Waals surface area (Å²) in [6, 6.07) is 1.68. The summed E-state index contributed by atoms with van der Waals surface area (Å²) in [6.07, 6.45) is 1.15. The number of ketones is 1. The molecule has 2 atom stereocenters. The number of aliphatic hydroxyl groups excluding tert-OH is 3. The smallest absolute Gasteiger partial charge is 0.199 e. The highest BCUT2D eigenvalue weighted by molar-refractivity contribution is 6.09. The van der Waals surface area contributed by atoms with Crippen molar-refractivity contribution in [3.05, 3.63) is 74.3 Å². The maximum Gasteiger partial charge on any atom is 0.199 e. The summed E-state index contributed by atoms with van der Waals surface area (Å²) in [5.41, 5.74) is 2.05. The quantitative estimate of drug-likeness (QED) is 0.136. The molecular weight excluding hydrogens is 488 g/mol. The predicted octanol–water partition coefficient (Wildman–Crippen LogP) is 5.39. The van der Waals surface area contributed by atoms with Crippen LogP contribution in [0.25, 0.3) is 10.8 Å². The Morgan fingerprint density at radius 2 is 1.58 bits per heavy atom. The number of benzene rings is 2. The van der Waals surface area contributed by atoms with Gasteiger partial charge in [-0.2, -0.15) is 0 Å². The van der Waals surface area contributed by atoms with Gasteiger partial charge in [0.2, 0.25) is 0 Å². The van der Waals surface area contributed by atoms with Crippen molar-refractivity contribution in [3.8, 4) is 17.2 Å². The minimum Gasteiger partial charge on any atom is -0.515 e. The molecule has 4 rings (SSSR count). The van der Waals surface area contributed by atoms with E-state index in [0.717, 1.165) is 0 Å². The molecule has 0 bridgehead atoms. The first kappa shape index (κ1) is 27.0. The van der Waals surface area contributed by atoms with E-state index in [-0.39, 0.29) is 51.0 Å². The van der Waals surface area contributed by atoms with Gasteiger partial charge in [-0.25, -0.2) is 0 Å². The topological polar surface area (TPSA) is 156 Å². The number of hydrogen-bond acceptors (Lipinski definition) is 8. The Morgan fingerprint density at radius 1 is 0.947 bits per heavy atom. The lowest BCUT2D eigenvalue weighted by Crippen LogP contribution is -2.35. The van der Waals surface area contributed by atoms with E-state index in [1.165, 1.54) is 0 Å². The maximum atomic E-state index is 12.9. The van der Waals surface area contributed by atoms with Gasteiger partial charge in [0.25, 0.3) is 0 Å². The lowest BCUT2D eigenvalue weighted by atomic mass is 9.70. The molecule has 0 fully saturated rings. The SMILES string of the molecule is CC1=CC2=C(C(C)C)C(O)C(=O)C(=CO)C2=C(O)C1c1c(C)cc2c(C(C)C)c(O)c(O)c(C=O)c2c1O. The van der Waals surface area contributed by atoms with Crippen LogP contribution in [-0.4, -0.2) is 48.8 Å². The number of allylic oxidation sites excluding steroid dienone is 4. The number of carbonyl (C=O) groups excluding carboxylic acids is 2. The number of aryl methyl sites for hydroxylation is 1. The number of aliphatic hydroxyl groups is 3. The fraction of sp³-hybridized carbons (Fsp3) is 0.333. The van der Waals surface area contributed by atoms with Gasteiger partial charge in [-0.1, -0.05) is 45.4 Å². The Bertz CT molecular complexity index is 1530. The molecule has 0 spiro atoms. The molecule has 2 unspecified atom stereocenters. The Kier molecular flexibility index (Phi) is 6.66. The summed E-state index contributed by atoms with van der Waals surface area (Å²) in [7, 11) is 0. The minimum absolute atomic E-state index is 0.0301. The Labute approximate surface area is 220 Å². The Balaban J connectivity index is 2.14. The minimum atomic E-state index is -1.48. The zero-order valence-corrected chi connectivity index (χ0v) is 22.1. The maximum absolute atomic E-state index is 12.9. The Morgan fingerprint density at radius 3 is 2.11 bits per heavy atom. The van der Waals surface area contributed by atoms with Crippen LogP contribution in [0.2, 0.25) is 0 Å². The van der Waals surface area contributed by atoms with Gasteiger partial charge in [0.15, 0.2) is 23.6 Å². The second-order valence-electron chi connectivity index (χ2n) is 10.6. The van der Waals surface area contributed by atoms with Crippen LogP contribution in [0.5, 0.6) is 17.2 Å². The Hall–Kier alpha value is -4.04. The number of hydrogen-bond donors (Lipinski definition) is 6. The molecule has 0 saturated carbocycles. The van der Waals surface area contributed by atoms with E-state index < -0.39 is 29.3 Å². The predicted molar refractivity (Wildman–Crippen MR) is 143 cm³/mol. The molecule has 6 N–H and O–H groups in total. The molecule has 200 valence electrons. The number of rotatable bonds is 4. The number of Topliss-reactive ketones (excluding diaryl/α,β-unsaturated/α-hetero) is 1. The highest BCUT2D eigenvalue weighted by Crippen LogP contribution is 2.53. The van der Waals surface area contributed by atoms with Gasteiger partial charge in [-0.15, -0.1) is 0 Å². The van der Waals surface area contributed by atoms with Crippen LogP contribution in [0.4, 0.5) is 0 Å². The van der Waals surface area contributed by atoms with Crippen LogP contribution in [0.1, 0.15) is 73.5 Å². The molecular formula is C30H32O8. The van der Waals surface area contributed by atoms with Gasteiger partial charge < -0.3 is 30.6 Å². The van der Waals surface area contributed by atoms with E-state index in [1.54, 1.807) is 39.8 Å². The van der Waals surface area contributed by atoms with Crippen molar-refractivity contribution >= 4 is 22.8 Å². The molecule has 8 heteroatoms. The summed E-state index contributed by atoms with van der Waals surface area (Å²) in [4.78, 5) is 25.0. The van der Waals surface area contributed by atoms with Gasteiger partial charge in [-0.05, 0) is 47.8 Å². The second-order valence-corrected chi connectivity index (χ2v) is 10.6. The van der Waals surface area contributed by atoms with Gasteiger partial charge in [0, 0.05) is 22.1 Å². The van der Waals surface area contributed by atoms with Gasteiger partial charge >= 0.3 is 0 Å². The number of phenols is 3. The third-order valence-corrected chi connectivity index (χ3v) is 7.59. The molecule has 0 radical (unpaired) electrons. The van der Waals surface area contributed by atoms with Crippen molar-refractivity contribution in [1.82, 2.24) is 0 Å². The largest absolute Gasteiger partial charge is 0.515 e. The van der Waals surface area contributed by atoms with E-state index in [4.69, 9.17) is 0 Å². The molecule has 0 heterocycles. The molecule has 0 amide bonds. The first-order valence-corrected chi connectivity index (χ1v) is 12.4. The summed E-state index contributed by atoms with van der Waals surface area (Å²) < 4.78 is 0. The standard InChI is InChI=1S/C30H32O8/c1-11(2)19-15-7-13(5)21(27(35)23(15)17(9-31)25(33)29(19)37)22-14(6)8-16-20(12(3)4)30(38)26(34)18(10-32)24(16)28(22)36/h7-12,21,29,31,34-38H,1-6H3. The lowest BCUT2D eigenvalue weighted by Gasteiger charge is -2.35. The van der Waals surface area contributed by atoms with Crippen LogP contribution in [-0.2, 0) is 4.79 Å².